The average Bonchev–Trinajstić information content (AvgIpc) is 2.62. The molecule has 0 N–H and O–H groups in total. The second kappa shape index (κ2) is 6.64. The van der Waals surface area contributed by atoms with Crippen molar-refractivity contribution in [2.75, 3.05) is 13.2 Å². The fraction of sp³-hybridized carbons (Fsp3) is 0.316. The van der Waals surface area contributed by atoms with Gasteiger partial charge in [-0.25, -0.2) is 0 Å². The third-order valence-corrected chi connectivity index (χ3v) is 4.20. The van der Waals surface area contributed by atoms with E-state index in [1.165, 1.54) is 0 Å². The molecule has 3 rings (SSSR count). The lowest BCUT2D eigenvalue weighted by atomic mass is 9.75. The number of rotatable bonds is 4. The summed E-state index contributed by atoms with van der Waals surface area (Å²) in [5.41, 5.74) is 1.61. The van der Waals surface area contributed by atoms with E-state index < -0.39 is 5.41 Å². The maximum Gasteiger partial charge on any atom is 0.124 e. The Balaban J connectivity index is 1.85. The summed E-state index contributed by atoms with van der Waals surface area (Å²) >= 11 is 0. The van der Waals surface area contributed by atoms with Crippen molar-refractivity contribution in [1.29, 1.82) is 5.26 Å². The van der Waals surface area contributed by atoms with Crippen molar-refractivity contribution < 1.29 is 9.47 Å². The smallest absolute Gasteiger partial charge is 0.124 e. The van der Waals surface area contributed by atoms with Crippen LogP contribution in [-0.4, -0.2) is 13.2 Å². The largest absolute Gasteiger partial charge is 0.489 e. The van der Waals surface area contributed by atoms with Gasteiger partial charge < -0.3 is 9.47 Å². The maximum atomic E-state index is 9.74. The molecule has 2 aromatic carbocycles. The highest BCUT2D eigenvalue weighted by Crippen LogP contribution is 2.39. The highest BCUT2D eigenvalue weighted by molar-refractivity contribution is 5.44. The Morgan fingerprint density at radius 2 is 1.68 bits per heavy atom. The van der Waals surface area contributed by atoms with Crippen molar-refractivity contribution in [2.45, 2.75) is 24.9 Å². The molecular formula is C19H19NO2. The minimum atomic E-state index is -0.495. The van der Waals surface area contributed by atoms with Crippen LogP contribution in [0.25, 0.3) is 0 Å². The molecule has 0 unspecified atom stereocenters. The van der Waals surface area contributed by atoms with E-state index in [9.17, 15) is 5.26 Å². The first-order chi connectivity index (χ1) is 10.8. The van der Waals surface area contributed by atoms with Gasteiger partial charge in [0.1, 0.15) is 12.4 Å². The second-order valence-corrected chi connectivity index (χ2v) is 5.58. The molecular weight excluding hydrogens is 274 g/mol. The van der Waals surface area contributed by atoms with Crippen LogP contribution < -0.4 is 4.74 Å². The van der Waals surface area contributed by atoms with Crippen molar-refractivity contribution >= 4 is 0 Å². The molecule has 0 amide bonds. The first kappa shape index (κ1) is 14.6. The number of ether oxygens (including phenoxy) is 2. The average molecular weight is 293 g/mol. The number of nitriles is 1. The van der Waals surface area contributed by atoms with Gasteiger partial charge in [-0.1, -0.05) is 48.5 Å². The lowest BCUT2D eigenvalue weighted by Crippen LogP contribution is -2.32. The van der Waals surface area contributed by atoms with Crippen LogP contribution in [0.4, 0.5) is 0 Å². The Morgan fingerprint density at radius 3 is 2.41 bits per heavy atom. The van der Waals surface area contributed by atoms with E-state index in [0.29, 0.717) is 19.8 Å². The van der Waals surface area contributed by atoms with Gasteiger partial charge in [-0.15, -0.1) is 0 Å². The van der Waals surface area contributed by atoms with Gasteiger partial charge in [0.25, 0.3) is 0 Å². The zero-order valence-electron chi connectivity index (χ0n) is 12.5. The topological polar surface area (TPSA) is 42.2 Å². The van der Waals surface area contributed by atoms with Gasteiger partial charge in [-0.3, -0.25) is 0 Å². The van der Waals surface area contributed by atoms with Gasteiger partial charge in [0.05, 0.1) is 11.5 Å². The van der Waals surface area contributed by atoms with E-state index in [1.54, 1.807) is 0 Å². The van der Waals surface area contributed by atoms with Gasteiger partial charge in [0, 0.05) is 18.8 Å². The van der Waals surface area contributed by atoms with Crippen LogP contribution in [0, 0.1) is 11.3 Å². The van der Waals surface area contributed by atoms with Gasteiger partial charge in [0.2, 0.25) is 0 Å². The van der Waals surface area contributed by atoms with Crippen molar-refractivity contribution in [1.82, 2.24) is 0 Å². The monoisotopic (exact) mass is 293 g/mol. The molecule has 3 heteroatoms. The highest BCUT2D eigenvalue weighted by atomic mass is 16.5. The summed E-state index contributed by atoms with van der Waals surface area (Å²) in [6, 6.07) is 20.5. The van der Waals surface area contributed by atoms with Gasteiger partial charge in [-0.05, 0) is 24.5 Å². The highest BCUT2D eigenvalue weighted by Gasteiger charge is 2.36. The second-order valence-electron chi connectivity index (χ2n) is 5.58. The maximum absolute atomic E-state index is 9.74. The number of nitrogens with zero attached hydrogens (tertiary/aromatic N) is 1. The van der Waals surface area contributed by atoms with Crippen molar-refractivity contribution in [3.05, 3.63) is 65.7 Å². The van der Waals surface area contributed by atoms with Crippen LogP contribution in [0.1, 0.15) is 24.0 Å². The molecule has 1 fully saturated rings. The molecule has 0 saturated carbocycles. The predicted octanol–water partition coefficient (Wildman–Crippen LogP) is 3.84. The molecule has 0 bridgehead atoms. The standard InChI is InChI=1S/C19H19NO2/c20-15-19(10-12-21-13-11-19)17-8-4-5-9-18(17)22-14-16-6-2-1-3-7-16/h1-9H,10-14H2. The Bertz CT molecular complexity index is 655. The van der Waals surface area contributed by atoms with E-state index in [4.69, 9.17) is 9.47 Å². The zero-order valence-corrected chi connectivity index (χ0v) is 12.5. The Morgan fingerprint density at radius 1 is 1.00 bits per heavy atom. The fourth-order valence-electron chi connectivity index (χ4n) is 2.88. The Hall–Kier alpha value is -2.31. The lowest BCUT2D eigenvalue weighted by molar-refractivity contribution is 0.0665. The predicted molar refractivity (Wildman–Crippen MR) is 84.6 cm³/mol. The summed E-state index contributed by atoms with van der Waals surface area (Å²) < 4.78 is 11.4. The van der Waals surface area contributed by atoms with E-state index in [0.717, 1.165) is 29.7 Å². The van der Waals surface area contributed by atoms with Crippen LogP contribution in [0.2, 0.25) is 0 Å². The molecule has 3 nitrogen and oxygen atoms in total. The van der Waals surface area contributed by atoms with Crippen LogP contribution in [0.3, 0.4) is 0 Å². The van der Waals surface area contributed by atoms with Crippen LogP contribution >= 0.6 is 0 Å². The minimum absolute atomic E-state index is 0.495. The van der Waals surface area contributed by atoms with Crippen LogP contribution in [-0.2, 0) is 16.8 Å². The molecule has 0 radical (unpaired) electrons. The first-order valence-electron chi connectivity index (χ1n) is 7.59. The lowest BCUT2D eigenvalue weighted by Gasteiger charge is -2.32. The third-order valence-electron chi connectivity index (χ3n) is 4.20. The molecule has 22 heavy (non-hydrogen) atoms. The summed E-state index contributed by atoms with van der Waals surface area (Å²) in [6.45, 7) is 1.76. The molecule has 1 aliphatic heterocycles. The molecule has 0 aliphatic carbocycles. The first-order valence-corrected chi connectivity index (χ1v) is 7.59. The normalized spacial score (nSPS) is 16.7. The Labute approximate surface area is 131 Å². The van der Waals surface area contributed by atoms with Gasteiger partial charge in [0.15, 0.2) is 0 Å². The molecule has 1 aliphatic rings. The molecule has 2 aromatic rings. The summed E-state index contributed by atoms with van der Waals surface area (Å²) in [6.07, 6.45) is 1.43. The molecule has 112 valence electrons. The van der Waals surface area contributed by atoms with Crippen molar-refractivity contribution in [3.8, 4) is 11.8 Å². The molecule has 0 spiro atoms. The number of hydrogen-bond donors (Lipinski definition) is 0. The van der Waals surface area contributed by atoms with Crippen molar-refractivity contribution in [3.63, 3.8) is 0 Å². The molecule has 1 heterocycles. The molecule has 1 saturated heterocycles. The molecule has 0 atom stereocenters. The van der Waals surface area contributed by atoms with E-state index in [2.05, 4.69) is 6.07 Å². The zero-order chi connectivity index (χ0) is 15.3. The van der Waals surface area contributed by atoms with Gasteiger partial charge >= 0.3 is 0 Å². The van der Waals surface area contributed by atoms with E-state index in [-0.39, 0.29) is 0 Å². The summed E-state index contributed by atoms with van der Waals surface area (Å²) in [5, 5.41) is 9.74. The number of benzene rings is 2. The minimum Gasteiger partial charge on any atom is -0.489 e. The quantitative estimate of drug-likeness (QED) is 0.860. The summed E-state index contributed by atoms with van der Waals surface area (Å²) in [7, 11) is 0. The van der Waals surface area contributed by atoms with Gasteiger partial charge in [-0.2, -0.15) is 5.26 Å². The SMILES string of the molecule is N#CC1(c2ccccc2OCc2ccccc2)CCOCC1. The third kappa shape index (κ3) is 2.98. The summed E-state index contributed by atoms with van der Waals surface area (Å²) in [4.78, 5) is 0. The van der Waals surface area contributed by atoms with E-state index >= 15 is 0 Å². The number of hydrogen-bond acceptors (Lipinski definition) is 3. The molecule has 0 aromatic heterocycles. The fourth-order valence-corrected chi connectivity index (χ4v) is 2.88. The van der Waals surface area contributed by atoms with Crippen molar-refractivity contribution in [2.24, 2.45) is 0 Å². The van der Waals surface area contributed by atoms with Crippen LogP contribution in [0.5, 0.6) is 5.75 Å². The Kier molecular flexibility index (Phi) is 4.41. The van der Waals surface area contributed by atoms with Crippen LogP contribution in [0.15, 0.2) is 54.6 Å². The summed E-state index contributed by atoms with van der Waals surface area (Å²) in [5.74, 6) is 0.801. The number of para-hydroxylation sites is 1. The van der Waals surface area contributed by atoms with E-state index in [1.807, 2.05) is 54.6 Å².